The fraction of sp³-hybridized carbons (Fsp3) is 0. The molecule has 5 nitrogen and oxygen atoms in total. The van der Waals surface area contributed by atoms with E-state index in [1.807, 2.05) is 66.7 Å². The minimum absolute atomic E-state index is 0.606. The Morgan fingerprint density at radius 1 is 0.385 bits per heavy atom. The largest absolute Gasteiger partial charge is 0.456 e. The number of para-hydroxylation sites is 2. The summed E-state index contributed by atoms with van der Waals surface area (Å²) in [6.45, 7) is 0. The fourth-order valence-electron chi connectivity index (χ4n) is 7.62. The van der Waals surface area contributed by atoms with E-state index < -0.39 is 0 Å². The summed E-state index contributed by atoms with van der Waals surface area (Å²) in [5.74, 6) is 1.86. The van der Waals surface area contributed by atoms with Crippen LogP contribution in [-0.2, 0) is 0 Å². The summed E-state index contributed by atoms with van der Waals surface area (Å²) in [5, 5.41) is 7.91. The monoisotopic (exact) mass is 682 g/mol. The van der Waals surface area contributed by atoms with Crippen molar-refractivity contribution in [1.29, 1.82) is 0 Å². The highest BCUT2D eigenvalue weighted by atomic mass is 32.1. The Labute approximate surface area is 301 Å². The smallest absolute Gasteiger partial charge is 0.165 e. The highest BCUT2D eigenvalue weighted by Gasteiger charge is 2.21. The minimum atomic E-state index is 0.606. The highest BCUT2D eigenvalue weighted by molar-refractivity contribution is 7.26. The first-order chi connectivity index (χ1) is 25.8. The topological polar surface area (TPSA) is 64.7 Å². The molecule has 4 aromatic heterocycles. The number of furan rings is 1. The van der Waals surface area contributed by atoms with Crippen molar-refractivity contribution in [1.82, 2.24) is 19.9 Å². The second-order valence-corrected chi connectivity index (χ2v) is 14.0. The molecule has 6 heteroatoms. The minimum Gasteiger partial charge on any atom is -0.456 e. The van der Waals surface area contributed by atoms with Gasteiger partial charge in [0.15, 0.2) is 17.5 Å². The van der Waals surface area contributed by atoms with Crippen molar-refractivity contribution in [2.45, 2.75) is 0 Å². The number of hydrogen-bond acceptors (Lipinski definition) is 6. The average molecular weight is 683 g/mol. The van der Waals surface area contributed by atoms with E-state index in [-0.39, 0.29) is 0 Å². The normalized spacial score (nSPS) is 11.8. The van der Waals surface area contributed by atoms with Crippen molar-refractivity contribution >= 4 is 75.1 Å². The van der Waals surface area contributed by atoms with Gasteiger partial charge < -0.3 is 4.42 Å². The number of thiophene rings is 1. The van der Waals surface area contributed by atoms with Crippen LogP contribution in [0.2, 0.25) is 0 Å². The van der Waals surface area contributed by atoms with Crippen LogP contribution in [0, 0.1) is 0 Å². The van der Waals surface area contributed by atoms with Crippen LogP contribution in [0.15, 0.2) is 162 Å². The number of fused-ring (bicyclic) bond motifs is 10. The standard InChI is InChI=1S/C46H26N4OS/c1-3-13-27(14-4-1)42-31-25-26-38-41(40(31)29-17-7-9-22-35(29)47-42)32-19-11-21-34(43(32)52-38)46-49-44(28-15-5-2-6-16-28)48-45(50-46)33-20-12-24-37-39(33)30-18-8-10-23-36(30)51-37/h1-26H. The number of hydrogen-bond donors (Lipinski definition) is 0. The second kappa shape index (κ2) is 11.4. The summed E-state index contributed by atoms with van der Waals surface area (Å²) in [6.07, 6.45) is 0. The van der Waals surface area contributed by atoms with Crippen molar-refractivity contribution in [3.63, 3.8) is 0 Å². The van der Waals surface area contributed by atoms with Gasteiger partial charge in [-0.05, 0) is 30.3 Å². The van der Waals surface area contributed by atoms with E-state index in [4.69, 9.17) is 24.4 Å². The summed E-state index contributed by atoms with van der Waals surface area (Å²) >= 11 is 1.78. The first kappa shape index (κ1) is 29.0. The molecule has 0 bridgehead atoms. The average Bonchev–Trinajstić information content (AvgIpc) is 3.80. The van der Waals surface area contributed by atoms with Crippen LogP contribution in [0.5, 0.6) is 0 Å². The zero-order chi connectivity index (χ0) is 34.2. The van der Waals surface area contributed by atoms with Gasteiger partial charge in [0, 0.05) is 69.4 Å². The predicted molar refractivity (Wildman–Crippen MR) is 215 cm³/mol. The summed E-state index contributed by atoms with van der Waals surface area (Å²) in [6, 6.07) is 54.3. The molecular weight excluding hydrogens is 657 g/mol. The van der Waals surface area contributed by atoms with Gasteiger partial charge >= 0.3 is 0 Å². The summed E-state index contributed by atoms with van der Waals surface area (Å²) in [7, 11) is 0. The molecule has 242 valence electrons. The molecule has 0 aliphatic carbocycles. The molecule has 52 heavy (non-hydrogen) atoms. The van der Waals surface area contributed by atoms with Crippen molar-refractivity contribution in [2.24, 2.45) is 0 Å². The van der Waals surface area contributed by atoms with Gasteiger partial charge in [-0.25, -0.2) is 19.9 Å². The third kappa shape index (κ3) is 4.41. The number of nitrogens with zero attached hydrogens (tertiary/aromatic N) is 4. The Bertz CT molecular complexity index is 3190. The van der Waals surface area contributed by atoms with Crippen molar-refractivity contribution in [3.8, 4) is 45.4 Å². The molecule has 0 aliphatic rings. The van der Waals surface area contributed by atoms with Crippen molar-refractivity contribution in [3.05, 3.63) is 158 Å². The third-order valence-electron chi connectivity index (χ3n) is 9.92. The summed E-state index contributed by atoms with van der Waals surface area (Å²) in [4.78, 5) is 20.7. The summed E-state index contributed by atoms with van der Waals surface area (Å²) < 4.78 is 8.60. The fourth-order valence-corrected chi connectivity index (χ4v) is 8.84. The molecule has 11 rings (SSSR count). The maximum absolute atomic E-state index is 6.26. The van der Waals surface area contributed by atoms with E-state index in [9.17, 15) is 0 Å². The lowest BCUT2D eigenvalue weighted by Crippen LogP contribution is -2.00. The Morgan fingerprint density at radius 2 is 1.02 bits per heavy atom. The Kier molecular flexibility index (Phi) is 6.35. The van der Waals surface area contributed by atoms with Gasteiger partial charge in [0.1, 0.15) is 11.2 Å². The van der Waals surface area contributed by atoms with E-state index in [2.05, 4.69) is 91.0 Å². The Balaban J connectivity index is 1.21. The van der Waals surface area contributed by atoms with Gasteiger partial charge in [-0.3, -0.25) is 0 Å². The number of aromatic nitrogens is 4. The van der Waals surface area contributed by atoms with Gasteiger partial charge in [0.25, 0.3) is 0 Å². The van der Waals surface area contributed by atoms with Gasteiger partial charge in [0.2, 0.25) is 0 Å². The van der Waals surface area contributed by atoms with Crippen LogP contribution in [0.3, 0.4) is 0 Å². The van der Waals surface area contributed by atoms with Crippen LogP contribution in [0.1, 0.15) is 0 Å². The van der Waals surface area contributed by atoms with E-state index in [0.717, 1.165) is 70.9 Å². The Hall–Kier alpha value is -6.76. The van der Waals surface area contributed by atoms with E-state index in [1.54, 1.807) is 11.3 Å². The first-order valence-corrected chi connectivity index (χ1v) is 18.0. The molecule has 11 aromatic rings. The van der Waals surface area contributed by atoms with E-state index >= 15 is 0 Å². The number of pyridine rings is 1. The second-order valence-electron chi connectivity index (χ2n) is 12.9. The molecule has 0 radical (unpaired) electrons. The van der Waals surface area contributed by atoms with E-state index in [0.29, 0.717) is 17.5 Å². The quantitative estimate of drug-likeness (QED) is 0.173. The number of rotatable bonds is 4. The maximum atomic E-state index is 6.26. The van der Waals surface area contributed by atoms with Gasteiger partial charge in [0.05, 0.1) is 11.2 Å². The van der Waals surface area contributed by atoms with Crippen LogP contribution in [0.25, 0.3) is 109 Å². The zero-order valence-electron chi connectivity index (χ0n) is 27.6. The van der Waals surface area contributed by atoms with Gasteiger partial charge in [-0.2, -0.15) is 0 Å². The van der Waals surface area contributed by atoms with Gasteiger partial charge in [-0.15, -0.1) is 11.3 Å². The lowest BCUT2D eigenvalue weighted by Gasteiger charge is -2.12. The SMILES string of the molecule is c1ccc(-c2nc(-c3cccc4c3sc3ccc5c(-c6ccccc6)nc6ccccc6c5c34)nc(-c3cccc4oc5ccccc5c34)n2)cc1. The molecule has 0 unspecified atom stereocenters. The highest BCUT2D eigenvalue weighted by Crippen LogP contribution is 2.46. The van der Waals surface area contributed by atoms with Crippen LogP contribution in [-0.4, -0.2) is 19.9 Å². The zero-order valence-corrected chi connectivity index (χ0v) is 28.4. The maximum Gasteiger partial charge on any atom is 0.165 e. The van der Waals surface area contributed by atoms with Crippen LogP contribution in [0.4, 0.5) is 0 Å². The molecule has 0 fully saturated rings. The molecule has 0 saturated carbocycles. The lowest BCUT2D eigenvalue weighted by atomic mass is 9.96. The molecule has 0 spiro atoms. The molecule has 0 atom stereocenters. The molecule has 0 N–H and O–H groups in total. The van der Waals surface area contributed by atoms with E-state index in [1.165, 1.54) is 20.9 Å². The molecule has 4 heterocycles. The van der Waals surface area contributed by atoms with Crippen molar-refractivity contribution in [2.75, 3.05) is 0 Å². The summed E-state index contributed by atoms with van der Waals surface area (Å²) in [5.41, 5.74) is 7.52. The number of benzene rings is 7. The molecular formula is C46H26N4OS. The predicted octanol–water partition coefficient (Wildman–Crippen LogP) is 12.5. The van der Waals surface area contributed by atoms with Gasteiger partial charge in [-0.1, -0.05) is 127 Å². The third-order valence-corrected chi connectivity index (χ3v) is 11.1. The molecule has 0 amide bonds. The lowest BCUT2D eigenvalue weighted by molar-refractivity contribution is 0.669. The van der Waals surface area contributed by atoms with Crippen LogP contribution < -0.4 is 0 Å². The first-order valence-electron chi connectivity index (χ1n) is 17.2. The van der Waals surface area contributed by atoms with Crippen molar-refractivity contribution < 1.29 is 4.42 Å². The molecule has 7 aromatic carbocycles. The molecule has 0 saturated heterocycles. The Morgan fingerprint density at radius 3 is 1.87 bits per heavy atom. The molecule has 0 aliphatic heterocycles. The van der Waals surface area contributed by atoms with Crippen LogP contribution >= 0.6 is 11.3 Å².